The van der Waals surface area contributed by atoms with Gasteiger partial charge in [-0.15, -0.1) is 6.58 Å². The smallest absolute Gasteiger partial charge is 0.132 e. The molecule has 0 heterocycles. The number of unbranched alkanes of at least 4 members (excludes halogenated alkanes) is 5. The second kappa shape index (κ2) is 10.5. The van der Waals surface area contributed by atoms with Crippen LogP contribution in [0, 0.1) is 0 Å². The first-order chi connectivity index (χ1) is 6.81. The molecular formula is C13H24O. The first-order valence-electron chi connectivity index (χ1n) is 5.93. The van der Waals surface area contributed by atoms with Crippen LogP contribution in [-0.2, 0) is 4.79 Å². The SMILES string of the molecule is C=CCCCCCCCC(=O)CCC. The fourth-order valence-corrected chi connectivity index (χ4v) is 1.55. The van der Waals surface area contributed by atoms with Crippen LogP contribution in [0.3, 0.4) is 0 Å². The van der Waals surface area contributed by atoms with Crippen LogP contribution in [0.1, 0.15) is 64.7 Å². The van der Waals surface area contributed by atoms with Crippen molar-refractivity contribution in [3.63, 3.8) is 0 Å². The van der Waals surface area contributed by atoms with Gasteiger partial charge in [0.25, 0.3) is 0 Å². The zero-order valence-corrected chi connectivity index (χ0v) is 9.56. The van der Waals surface area contributed by atoms with Crippen LogP contribution >= 0.6 is 0 Å². The average Bonchev–Trinajstić information content (AvgIpc) is 2.17. The highest BCUT2D eigenvalue weighted by atomic mass is 16.1. The van der Waals surface area contributed by atoms with E-state index in [0.29, 0.717) is 5.78 Å². The molecule has 1 nitrogen and oxygen atoms in total. The summed E-state index contributed by atoms with van der Waals surface area (Å²) in [6, 6.07) is 0. The van der Waals surface area contributed by atoms with Crippen molar-refractivity contribution in [3.05, 3.63) is 12.7 Å². The van der Waals surface area contributed by atoms with E-state index < -0.39 is 0 Å². The van der Waals surface area contributed by atoms with E-state index in [4.69, 9.17) is 0 Å². The second-order valence-electron chi connectivity index (χ2n) is 3.88. The van der Waals surface area contributed by atoms with E-state index in [1.807, 2.05) is 6.08 Å². The van der Waals surface area contributed by atoms with Gasteiger partial charge in [0.2, 0.25) is 0 Å². The molecule has 0 aromatic heterocycles. The van der Waals surface area contributed by atoms with Gasteiger partial charge in [-0.3, -0.25) is 4.79 Å². The summed E-state index contributed by atoms with van der Waals surface area (Å²) >= 11 is 0. The molecule has 1 heteroatoms. The lowest BCUT2D eigenvalue weighted by molar-refractivity contribution is -0.119. The minimum absolute atomic E-state index is 0.443. The Morgan fingerprint density at radius 1 is 1.07 bits per heavy atom. The standard InChI is InChI=1S/C13H24O/c1-3-5-6-7-8-9-10-12-13(14)11-4-2/h3H,1,4-12H2,2H3. The zero-order chi connectivity index (χ0) is 10.6. The average molecular weight is 196 g/mol. The van der Waals surface area contributed by atoms with Crippen molar-refractivity contribution in [2.45, 2.75) is 64.7 Å². The van der Waals surface area contributed by atoms with E-state index in [1.54, 1.807) is 0 Å². The van der Waals surface area contributed by atoms with Gasteiger partial charge in [-0.25, -0.2) is 0 Å². The molecular weight excluding hydrogens is 172 g/mol. The van der Waals surface area contributed by atoms with Gasteiger partial charge in [0.15, 0.2) is 0 Å². The summed E-state index contributed by atoms with van der Waals surface area (Å²) in [6.07, 6.45) is 11.8. The van der Waals surface area contributed by atoms with Crippen molar-refractivity contribution < 1.29 is 4.79 Å². The molecule has 0 aliphatic heterocycles. The lowest BCUT2D eigenvalue weighted by Gasteiger charge is -2.00. The lowest BCUT2D eigenvalue weighted by Crippen LogP contribution is -1.96. The number of hydrogen-bond donors (Lipinski definition) is 0. The number of allylic oxidation sites excluding steroid dienone is 1. The number of carbonyl (C=O) groups excluding carboxylic acids is 1. The third-order valence-electron chi connectivity index (χ3n) is 2.39. The highest BCUT2D eigenvalue weighted by Gasteiger charge is 1.99. The van der Waals surface area contributed by atoms with Crippen LogP contribution in [-0.4, -0.2) is 5.78 Å². The van der Waals surface area contributed by atoms with E-state index in [-0.39, 0.29) is 0 Å². The van der Waals surface area contributed by atoms with Crippen LogP contribution in [0.15, 0.2) is 12.7 Å². The monoisotopic (exact) mass is 196 g/mol. The molecule has 0 unspecified atom stereocenters. The van der Waals surface area contributed by atoms with Crippen molar-refractivity contribution in [1.82, 2.24) is 0 Å². The van der Waals surface area contributed by atoms with E-state index in [1.165, 1.54) is 25.7 Å². The molecule has 0 N–H and O–H groups in total. The van der Waals surface area contributed by atoms with E-state index in [0.717, 1.165) is 32.1 Å². The summed E-state index contributed by atoms with van der Waals surface area (Å²) in [5.74, 6) is 0.443. The maximum atomic E-state index is 11.2. The minimum atomic E-state index is 0.443. The number of rotatable bonds is 10. The summed E-state index contributed by atoms with van der Waals surface area (Å²) in [4.78, 5) is 11.2. The Hall–Kier alpha value is -0.590. The largest absolute Gasteiger partial charge is 0.300 e. The van der Waals surface area contributed by atoms with Crippen LogP contribution in [0.4, 0.5) is 0 Å². The first-order valence-corrected chi connectivity index (χ1v) is 5.93. The molecule has 0 fully saturated rings. The van der Waals surface area contributed by atoms with E-state index >= 15 is 0 Å². The molecule has 14 heavy (non-hydrogen) atoms. The molecule has 0 aliphatic rings. The Balaban J connectivity index is 3.05. The fraction of sp³-hybridized carbons (Fsp3) is 0.769. The van der Waals surface area contributed by atoms with E-state index in [2.05, 4.69) is 13.5 Å². The number of ketones is 1. The normalized spacial score (nSPS) is 10.1. The van der Waals surface area contributed by atoms with Crippen molar-refractivity contribution in [3.8, 4) is 0 Å². The highest BCUT2D eigenvalue weighted by molar-refractivity contribution is 5.78. The Kier molecular flexibility index (Phi) is 10.0. The summed E-state index contributed by atoms with van der Waals surface area (Å²) in [6.45, 7) is 5.76. The lowest BCUT2D eigenvalue weighted by atomic mass is 10.1. The van der Waals surface area contributed by atoms with Crippen molar-refractivity contribution >= 4 is 5.78 Å². The molecule has 0 rings (SSSR count). The number of hydrogen-bond acceptors (Lipinski definition) is 1. The van der Waals surface area contributed by atoms with Gasteiger partial charge < -0.3 is 0 Å². The molecule has 0 radical (unpaired) electrons. The topological polar surface area (TPSA) is 17.1 Å². The van der Waals surface area contributed by atoms with Crippen LogP contribution in [0.2, 0.25) is 0 Å². The first kappa shape index (κ1) is 13.4. The maximum absolute atomic E-state index is 11.2. The third kappa shape index (κ3) is 9.50. The third-order valence-corrected chi connectivity index (χ3v) is 2.39. The van der Waals surface area contributed by atoms with Crippen LogP contribution in [0.5, 0.6) is 0 Å². The summed E-state index contributed by atoms with van der Waals surface area (Å²) in [5.41, 5.74) is 0. The molecule has 0 atom stereocenters. The Bertz CT molecular complexity index is 149. The molecule has 82 valence electrons. The van der Waals surface area contributed by atoms with Gasteiger partial charge in [0.1, 0.15) is 5.78 Å². The summed E-state index contributed by atoms with van der Waals surface area (Å²) < 4.78 is 0. The van der Waals surface area contributed by atoms with Gasteiger partial charge >= 0.3 is 0 Å². The van der Waals surface area contributed by atoms with Gasteiger partial charge in [-0.1, -0.05) is 32.3 Å². The van der Waals surface area contributed by atoms with Gasteiger partial charge in [0, 0.05) is 12.8 Å². The Morgan fingerprint density at radius 3 is 2.36 bits per heavy atom. The molecule has 0 aromatic rings. The number of Topliss-reactive ketones (excluding diaryl/α,β-unsaturated/α-hetero) is 1. The Labute approximate surface area is 88.6 Å². The molecule has 0 aliphatic carbocycles. The fourth-order valence-electron chi connectivity index (χ4n) is 1.55. The van der Waals surface area contributed by atoms with Crippen molar-refractivity contribution in [1.29, 1.82) is 0 Å². The van der Waals surface area contributed by atoms with Gasteiger partial charge in [-0.05, 0) is 25.7 Å². The predicted molar refractivity (Wildman–Crippen MR) is 62.4 cm³/mol. The van der Waals surface area contributed by atoms with E-state index in [9.17, 15) is 4.79 Å². The molecule has 0 saturated carbocycles. The van der Waals surface area contributed by atoms with Gasteiger partial charge in [-0.2, -0.15) is 0 Å². The summed E-state index contributed by atoms with van der Waals surface area (Å²) in [5, 5.41) is 0. The molecule has 0 spiro atoms. The molecule has 0 aromatic carbocycles. The van der Waals surface area contributed by atoms with Crippen LogP contribution < -0.4 is 0 Å². The van der Waals surface area contributed by atoms with Crippen LogP contribution in [0.25, 0.3) is 0 Å². The second-order valence-corrected chi connectivity index (χ2v) is 3.88. The summed E-state index contributed by atoms with van der Waals surface area (Å²) in [7, 11) is 0. The Morgan fingerprint density at radius 2 is 1.71 bits per heavy atom. The maximum Gasteiger partial charge on any atom is 0.132 e. The zero-order valence-electron chi connectivity index (χ0n) is 9.56. The molecule has 0 amide bonds. The molecule has 0 saturated heterocycles. The molecule has 0 bridgehead atoms. The van der Waals surface area contributed by atoms with Gasteiger partial charge in [0.05, 0.1) is 0 Å². The quantitative estimate of drug-likeness (QED) is 0.376. The number of carbonyl (C=O) groups is 1. The van der Waals surface area contributed by atoms with Crippen molar-refractivity contribution in [2.24, 2.45) is 0 Å². The predicted octanol–water partition coefficient (Wildman–Crippen LogP) is 4.27. The highest BCUT2D eigenvalue weighted by Crippen LogP contribution is 2.08. The minimum Gasteiger partial charge on any atom is -0.300 e. The van der Waals surface area contributed by atoms with Crippen molar-refractivity contribution in [2.75, 3.05) is 0 Å².